The number of anilines is 1. The fraction of sp³-hybridized carbons (Fsp3) is 0.333. The van der Waals surface area contributed by atoms with Gasteiger partial charge in [-0.25, -0.2) is 8.42 Å². The summed E-state index contributed by atoms with van der Waals surface area (Å²) in [5.74, 6) is 0. The molecule has 88 valence electrons. The summed E-state index contributed by atoms with van der Waals surface area (Å²) in [5, 5.41) is 3.26. The van der Waals surface area contributed by atoms with E-state index in [1.54, 1.807) is 24.3 Å². The quantitative estimate of drug-likeness (QED) is 0.803. The summed E-state index contributed by atoms with van der Waals surface area (Å²) >= 11 is 0. The van der Waals surface area contributed by atoms with Gasteiger partial charge in [0, 0.05) is 18.0 Å². The molecule has 1 unspecified atom stereocenters. The molecule has 0 radical (unpaired) electrons. The average Bonchev–Trinajstić information content (AvgIpc) is 2.17. The molecule has 0 saturated heterocycles. The Labute approximate surface area is 97.1 Å². The molecule has 4 heteroatoms. The SMILES string of the molecule is C=CCC(C)Nc1ccc(S(C)(=O)=O)cc1. The summed E-state index contributed by atoms with van der Waals surface area (Å²) in [5.41, 5.74) is 0.918. The van der Waals surface area contributed by atoms with Crippen molar-refractivity contribution in [2.75, 3.05) is 11.6 Å². The van der Waals surface area contributed by atoms with Gasteiger partial charge in [-0.15, -0.1) is 6.58 Å². The average molecular weight is 239 g/mol. The van der Waals surface area contributed by atoms with Gasteiger partial charge in [0.1, 0.15) is 0 Å². The van der Waals surface area contributed by atoms with Gasteiger partial charge in [-0.2, -0.15) is 0 Å². The lowest BCUT2D eigenvalue weighted by molar-refractivity contribution is 0.602. The van der Waals surface area contributed by atoms with Crippen LogP contribution in [0.5, 0.6) is 0 Å². The van der Waals surface area contributed by atoms with Crippen molar-refractivity contribution < 1.29 is 8.42 Å². The molecule has 1 atom stereocenters. The molecule has 1 aromatic carbocycles. The van der Waals surface area contributed by atoms with Crippen molar-refractivity contribution in [2.45, 2.75) is 24.3 Å². The van der Waals surface area contributed by atoms with Crippen LogP contribution in [0, 0.1) is 0 Å². The van der Waals surface area contributed by atoms with Gasteiger partial charge in [-0.1, -0.05) is 6.08 Å². The maximum atomic E-state index is 11.2. The number of rotatable bonds is 5. The van der Waals surface area contributed by atoms with Gasteiger partial charge >= 0.3 is 0 Å². The van der Waals surface area contributed by atoms with Gasteiger partial charge < -0.3 is 5.32 Å². The first-order chi connectivity index (χ1) is 7.43. The second kappa shape index (κ2) is 5.16. The Morgan fingerprint density at radius 1 is 1.38 bits per heavy atom. The van der Waals surface area contributed by atoms with Crippen molar-refractivity contribution in [1.29, 1.82) is 0 Å². The van der Waals surface area contributed by atoms with Gasteiger partial charge in [0.15, 0.2) is 9.84 Å². The molecule has 0 heterocycles. The van der Waals surface area contributed by atoms with Crippen LogP contribution in [0.15, 0.2) is 41.8 Å². The lowest BCUT2D eigenvalue weighted by Crippen LogP contribution is -2.13. The Balaban J connectivity index is 2.76. The molecule has 0 fully saturated rings. The molecular weight excluding hydrogens is 222 g/mol. The van der Waals surface area contributed by atoms with Crippen LogP contribution < -0.4 is 5.32 Å². The largest absolute Gasteiger partial charge is 0.382 e. The topological polar surface area (TPSA) is 46.2 Å². The molecule has 1 N–H and O–H groups in total. The predicted molar refractivity (Wildman–Crippen MR) is 67.5 cm³/mol. The zero-order valence-electron chi connectivity index (χ0n) is 9.60. The molecule has 0 bridgehead atoms. The number of benzene rings is 1. The Morgan fingerprint density at radius 3 is 2.38 bits per heavy atom. The van der Waals surface area contributed by atoms with E-state index in [0.717, 1.165) is 12.1 Å². The van der Waals surface area contributed by atoms with E-state index >= 15 is 0 Å². The maximum absolute atomic E-state index is 11.2. The molecule has 0 aliphatic rings. The second-order valence-corrected chi connectivity index (χ2v) is 5.88. The number of sulfone groups is 1. The fourth-order valence-corrected chi connectivity index (χ4v) is 2.02. The minimum absolute atomic E-state index is 0.293. The number of hydrogen-bond acceptors (Lipinski definition) is 3. The Hall–Kier alpha value is -1.29. The smallest absolute Gasteiger partial charge is 0.175 e. The molecule has 0 spiro atoms. The molecule has 3 nitrogen and oxygen atoms in total. The highest BCUT2D eigenvalue weighted by Gasteiger charge is 2.06. The first-order valence-electron chi connectivity index (χ1n) is 5.11. The number of hydrogen-bond donors (Lipinski definition) is 1. The zero-order valence-corrected chi connectivity index (χ0v) is 10.4. The van der Waals surface area contributed by atoms with Gasteiger partial charge in [-0.3, -0.25) is 0 Å². The van der Waals surface area contributed by atoms with E-state index in [1.165, 1.54) is 6.26 Å². The monoisotopic (exact) mass is 239 g/mol. The summed E-state index contributed by atoms with van der Waals surface area (Å²) in [4.78, 5) is 0.342. The lowest BCUT2D eigenvalue weighted by atomic mass is 10.2. The van der Waals surface area contributed by atoms with Crippen LogP contribution in [-0.2, 0) is 9.84 Å². The van der Waals surface area contributed by atoms with Crippen LogP contribution in [0.25, 0.3) is 0 Å². The molecule has 1 rings (SSSR count). The Bertz CT molecular complexity index is 448. The molecule has 0 aromatic heterocycles. The van der Waals surface area contributed by atoms with Crippen LogP contribution in [0.3, 0.4) is 0 Å². The normalized spacial score (nSPS) is 13.1. The highest BCUT2D eigenvalue weighted by atomic mass is 32.2. The van der Waals surface area contributed by atoms with Gasteiger partial charge in [-0.05, 0) is 37.6 Å². The minimum Gasteiger partial charge on any atom is -0.382 e. The third kappa shape index (κ3) is 3.70. The third-order valence-corrected chi connectivity index (χ3v) is 3.34. The van der Waals surface area contributed by atoms with Crippen LogP contribution in [0.1, 0.15) is 13.3 Å². The summed E-state index contributed by atoms with van der Waals surface area (Å²) in [6, 6.07) is 7.06. The lowest BCUT2D eigenvalue weighted by Gasteiger charge is -2.13. The van der Waals surface area contributed by atoms with Crippen molar-refractivity contribution in [3.05, 3.63) is 36.9 Å². The first kappa shape index (κ1) is 12.8. The van der Waals surface area contributed by atoms with Crippen molar-refractivity contribution in [1.82, 2.24) is 0 Å². The third-order valence-electron chi connectivity index (χ3n) is 2.22. The second-order valence-electron chi connectivity index (χ2n) is 3.87. The van der Waals surface area contributed by atoms with Crippen molar-refractivity contribution in [2.24, 2.45) is 0 Å². The van der Waals surface area contributed by atoms with E-state index < -0.39 is 9.84 Å². The van der Waals surface area contributed by atoms with Gasteiger partial charge in [0.05, 0.1) is 4.90 Å². The summed E-state index contributed by atoms with van der Waals surface area (Å²) < 4.78 is 22.5. The predicted octanol–water partition coefficient (Wildman–Crippen LogP) is 2.47. The van der Waals surface area contributed by atoms with Crippen molar-refractivity contribution >= 4 is 15.5 Å². The molecular formula is C12H17NO2S. The molecule has 16 heavy (non-hydrogen) atoms. The first-order valence-corrected chi connectivity index (χ1v) is 7.00. The molecule has 0 aliphatic heterocycles. The van der Waals surface area contributed by atoms with Crippen LogP contribution in [0.2, 0.25) is 0 Å². The molecule has 1 aromatic rings. The highest BCUT2D eigenvalue weighted by molar-refractivity contribution is 7.90. The summed E-state index contributed by atoms with van der Waals surface area (Å²) in [7, 11) is -3.10. The fourth-order valence-electron chi connectivity index (χ4n) is 1.39. The van der Waals surface area contributed by atoms with E-state index in [1.807, 2.05) is 13.0 Å². The molecule has 0 aliphatic carbocycles. The molecule has 0 amide bonds. The van der Waals surface area contributed by atoms with Gasteiger partial charge in [0.2, 0.25) is 0 Å². The van der Waals surface area contributed by atoms with E-state index in [9.17, 15) is 8.42 Å². The van der Waals surface area contributed by atoms with Crippen molar-refractivity contribution in [3.8, 4) is 0 Å². The van der Waals surface area contributed by atoms with Crippen LogP contribution in [0.4, 0.5) is 5.69 Å². The summed E-state index contributed by atoms with van der Waals surface area (Å²) in [6.45, 7) is 5.72. The maximum Gasteiger partial charge on any atom is 0.175 e. The van der Waals surface area contributed by atoms with Crippen LogP contribution in [-0.4, -0.2) is 20.7 Å². The van der Waals surface area contributed by atoms with E-state index in [4.69, 9.17) is 0 Å². The van der Waals surface area contributed by atoms with Crippen molar-refractivity contribution in [3.63, 3.8) is 0 Å². The van der Waals surface area contributed by atoms with E-state index in [2.05, 4.69) is 11.9 Å². The summed E-state index contributed by atoms with van der Waals surface area (Å²) in [6.07, 6.45) is 3.92. The zero-order chi connectivity index (χ0) is 12.2. The highest BCUT2D eigenvalue weighted by Crippen LogP contribution is 2.15. The Morgan fingerprint density at radius 2 is 1.94 bits per heavy atom. The minimum atomic E-state index is -3.10. The number of nitrogens with one attached hydrogen (secondary N) is 1. The standard InChI is InChI=1S/C12H17NO2S/c1-4-5-10(2)13-11-6-8-12(9-7-11)16(3,14)15/h4,6-10,13H,1,5H2,2-3H3. The van der Waals surface area contributed by atoms with Crippen LogP contribution >= 0.6 is 0 Å². The Kier molecular flexibility index (Phi) is 4.12. The van der Waals surface area contributed by atoms with E-state index in [0.29, 0.717) is 10.9 Å². The molecule has 0 saturated carbocycles. The van der Waals surface area contributed by atoms with E-state index in [-0.39, 0.29) is 0 Å². The van der Waals surface area contributed by atoms with Gasteiger partial charge in [0.25, 0.3) is 0 Å².